The van der Waals surface area contributed by atoms with Crippen LogP contribution in [-0.2, 0) is 40.0 Å². The van der Waals surface area contributed by atoms with Crippen molar-refractivity contribution < 1.29 is 32.2 Å². The van der Waals surface area contributed by atoms with Gasteiger partial charge in [-0.3, -0.25) is 9.69 Å². The molecule has 0 radical (unpaired) electrons. The number of esters is 1. The molecule has 0 N–H and O–H groups in total. The number of benzene rings is 3. The SMILES string of the molecule is C=C(OC)c1ccc(CN(CCCCC(=O)OC)CCc2ccccc2OCc2cccc(C(F)(F)F)c2)cc1.CC.CC. The van der Waals surface area contributed by atoms with Gasteiger partial charge in [0, 0.05) is 25.1 Å². The highest BCUT2D eigenvalue weighted by Crippen LogP contribution is 2.30. The van der Waals surface area contributed by atoms with Gasteiger partial charge in [-0.15, -0.1) is 0 Å². The molecule has 0 saturated heterocycles. The van der Waals surface area contributed by atoms with Gasteiger partial charge in [-0.05, 0) is 60.7 Å². The Kier molecular flexibility index (Phi) is 18.3. The average Bonchev–Trinajstić information content (AvgIpc) is 3.06. The van der Waals surface area contributed by atoms with Crippen molar-refractivity contribution in [2.24, 2.45) is 0 Å². The maximum Gasteiger partial charge on any atom is 0.416 e. The van der Waals surface area contributed by atoms with E-state index < -0.39 is 11.7 Å². The normalized spacial score (nSPS) is 10.6. The monoisotopic (exact) mass is 615 g/mol. The molecule has 3 rings (SSSR count). The van der Waals surface area contributed by atoms with E-state index in [-0.39, 0.29) is 12.6 Å². The second-order valence-electron chi connectivity index (χ2n) is 9.48. The van der Waals surface area contributed by atoms with Crippen LogP contribution in [0.4, 0.5) is 13.2 Å². The molecule has 0 aliphatic rings. The molecule has 0 atom stereocenters. The zero-order valence-corrected chi connectivity index (χ0v) is 27.0. The topological polar surface area (TPSA) is 48.0 Å². The number of unbranched alkanes of at least 4 members (excludes halogenated alkanes) is 1. The van der Waals surface area contributed by atoms with Crippen LogP contribution < -0.4 is 4.74 Å². The van der Waals surface area contributed by atoms with E-state index in [0.717, 1.165) is 54.8 Å². The minimum Gasteiger partial charge on any atom is -0.497 e. The van der Waals surface area contributed by atoms with E-state index in [1.54, 1.807) is 13.2 Å². The summed E-state index contributed by atoms with van der Waals surface area (Å²) in [7, 11) is 2.98. The van der Waals surface area contributed by atoms with E-state index in [2.05, 4.69) is 11.5 Å². The molecule has 0 fully saturated rings. The van der Waals surface area contributed by atoms with E-state index in [9.17, 15) is 18.0 Å². The summed E-state index contributed by atoms with van der Waals surface area (Å²) in [6.07, 6.45) is -1.77. The third kappa shape index (κ3) is 13.7. The Morgan fingerprint density at radius 1 is 0.818 bits per heavy atom. The van der Waals surface area contributed by atoms with E-state index in [1.165, 1.54) is 13.2 Å². The van der Waals surface area contributed by atoms with Gasteiger partial charge in [0.15, 0.2) is 0 Å². The second-order valence-corrected chi connectivity index (χ2v) is 9.48. The third-order valence-corrected chi connectivity index (χ3v) is 6.58. The summed E-state index contributed by atoms with van der Waals surface area (Å²) in [6, 6.07) is 20.8. The van der Waals surface area contributed by atoms with Crippen molar-refractivity contribution in [1.29, 1.82) is 0 Å². The fourth-order valence-corrected chi connectivity index (χ4v) is 4.28. The van der Waals surface area contributed by atoms with Gasteiger partial charge in [0.05, 0.1) is 19.8 Å². The van der Waals surface area contributed by atoms with E-state index in [1.807, 2.05) is 76.2 Å². The van der Waals surface area contributed by atoms with Crippen molar-refractivity contribution in [3.8, 4) is 5.75 Å². The lowest BCUT2D eigenvalue weighted by Crippen LogP contribution is -2.27. The molecule has 242 valence electrons. The van der Waals surface area contributed by atoms with Crippen LogP contribution in [0.3, 0.4) is 0 Å². The lowest BCUT2D eigenvalue weighted by molar-refractivity contribution is -0.140. The summed E-state index contributed by atoms with van der Waals surface area (Å²) in [5.41, 5.74) is 2.79. The van der Waals surface area contributed by atoms with Crippen LogP contribution in [0.1, 0.15) is 74.8 Å². The van der Waals surface area contributed by atoms with Crippen molar-refractivity contribution >= 4 is 11.7 Å². The number of ether oxygens (including phenoxy) is 3. The number of rotatable bonds is 15. The first kappa shape index (κ1) is 38.2. The second kappa shape index (κ2) is 21.0. The van der Waals surface area contributed by atoms with Crippen molar-refractivity contribution in [2.75, 3.05) is 27.3 Å². The van der Waals surface area contributed by atoms with Gasteiger partial charge >= 0.3 is 12.1 Å². The average molecular weight is 616 g/mol. The molecule has 0 aliphatic carbocycles. The van der Waals surface area contributed by atoms with Crippen LogP contribution >= 0.6 is 0 Å². The smallest absolute Gasteiger partial charge is 0.416 e. The molecule has 0 saturated carbocycles. The van der Waals surface area contributed by atoms with E-state index >= 15 is 0 Å². The highest BCUT2D eigenvalue weighted by atomic mass is 19.4. The number of hydrogen-bond acceptors (Lipinski definition) is 5. The van der Waals surface area contributed by atoms with Crippen LogP contribution in [0, 0.1) is 0 Å². The lowest BCUT2D eigenvalue weighted by Gasteiger charge is -2.23. The number of alkyl halides is 3. The summed E-state index contributed by atoms with van der Waals surface area (Å²) >= 11 is 0. The van der Waals surface area contributed by atoms with Crippen molar-refractivity contribution in [1.82, 2.24) is 4.90 Å². The van der Waals surface area contributed by atoms with Gasteiger partial charge in [-0.25, -0.2) is 0 Å². The maximum absolute atomic E-state index is 13.1. The standard InChI is InChI=1S/C32H36F3NO4.2C2H6/c1-24(38-2)27-16-14-25(15-17-27)22-36(19-7-6-13-31(37)39-3)20-18-28-10-4-5-12-30(28)40-23-26-9-8-11-29(21-26)32(33,34)35;2*1-2/h4-5,8-12,14-17,21H,1,6-7,13,18-20,22-23H2,2-3H3;2*1-2H3. The number of nitrogens with zero attached hydrogens (tertiary/aromatic N) is 1. The molecule has 0 heterocycles. The van der Waals surface area contributed by atoms with Gasteiger partial charge in [-0.2, -0.15) is 13.2 Å². The molecule has 5 nitrogen and oxygen atoms in total. The Labute approximate surface area is 261 Å². The van der Waals surface area contributed by atoms with Crippen molar-refractivity contribution in [3.63, 3.8) is 0 Å². The highest BCUT2D eigenvalue weighted by Gasteiger charge is 2.30. The molecule has 44 heavy (non-hydrogen) atoms. The first-order valence-electron chi connectivity index (χ1n) is 15.2. The summed E-state index contributed by atoms with van der Waals surface area (Å²) in [6.45, 7) is 14.2. The molecule has 0 amide bonds. The molecule has 0 spiro atoms. The Hall–Kier alpha value is -3.78. The Balaban J connectivity index is 0.00000232. The quantitative estimate of drug-likeness (QED) is 0.0969. The molecule has 0 unspecified atom stereocenters. The van der Waals surface area contributed by atoms with Gasteiger partial charge in [0.1, 0.15) is 18.1 Å². The number of para-hydroxylation sites is 1. The summed E-state index contributed by atoms with van der Waals surface area (Å²) in [4.78, 5) is 13.8. The largest absolute Gasteiger partial charge is 0.497 e. The van der Waals surface area contributed by atoms with Crippen LogP contribution in [0.5, 0.6) is 5.75 Å². The predicted molar refractivity (Wildman–Crippen MR) is 172 cm³/mol. The maximum atomic E-state index is 13.1. The van der Waals surface area contributed by atoms with Crippen molar-refractivity contribution in [2.45, 2.75) is 72.7 Å². The molecule has 0 bridgehead atoms. The molecular weight excluding hydrogens is 567 g/mol. The number of carbonyl (C=O) groups is 1. The molecule has 3 aromatic rings. The van der Waals surface area contributed by atoms with Crippen molar-refractivity contribution in [3.05, 3.63) is 107 Å². The first-order valence-corrected chi connectivity index (χ1v) is 15.2. The van der Waals surface area contributed by atoms with Crippen LogP contribution in [-0.4, -0.2) is 38.2 Å². The van der Waals surface area contributed by atoms with Gasteiger partial charge < -0.3 is 14.2 Å². The number of carbonyl (C=O) groups excluding carboxylic acids is 1. The zero-order chi connectivity index (χ0) is 33.0. The number of halogens is 3. The first-order chi connectivity index (χ1) is 21.2. The number of hydrogen-bond donors (Lipinski definition) is 0. The minimum atomic E-state index is -4.40. The van der Waals surface area contributed by atoms with Gasteiger partial charge in [-0.1, -0.05) is 88.9 Å². The van der Waals surface area contributed by atoms with Crippen LogP contribution in [0.15, 0.2) is 79.4 Å². The van der Waals surface area contributed by atoms with Crippen LogP contribution in [0.2, 0.25) is 0 Å². The number of methoxy groups -OCH3 is 2. The van der Waals surface area contributed by atoms with E-state index in [0.29, 0.717) is 36.5 Å². The Morgan fingerprint density at radius 2 is 1.50 bits per heavy atom. The van der Waals surface area contributed by atoms with Crippen LogP contribution in [0.25, 0.3) is 5.76 Å². The highest BCUT2D eigenvalue weighted by molar-refractivity contribution is 5.69. The summed E-state index contributed by atoms with van der Waals surface area (Å²) in [5.74, 6) is 1.04. The van der Waals surface area contributed by atoms with Gasteiger partial charge in [0.2, 0.25) is 0 Å². The lowest BCUT2D eigenvalue weighted by atomic mass is 10.1. The molecule has 0 aliphatic heterocycles. The molecule has 8 heteroatoms. The summed E-state index contributed by atoms with van der Waals surface area (Å²) in [5, 5.41) is 0. The zero-order valence-electron chi connectivity index (χ0n) is 27.0. The predicted octanol–water partition coefficient (Wildman–Crippen LogP) is 9.34. The third-order valence-electron chi connectivity index (χ3n) is 6.58. The summed E-state index contributed by atoms with van der Waals surface area (Å²) < 4.78 is 55.2. The molecule has 0 aromatic heterocycles. The minimum absolute atomic E-state index is 0.0390. The van der Waals surface area contributed by atoms with E-state index in [4.69, 9.17) is 14.2 Å². The fraction of sp³-hybridized carbons (Fsp3) is 0.417. The Morgan fingerprint density at radius 3 is 2.14 bits per heavy atom. The fourth-order valence-electron chi connectivity index (χ4n) is 4.28. The molecule has 3 aromatic carbocycles. The van der Waals surface area contributed by atoms with Gasteiger partial charge in [0.25, 0.3) is 0 Å². The molecular formula is C36H48F3NO4. The Bertz CT molecular complexity index is 1240.